The van der Waals surface area contributed by atoms with Gasteiger partial charge in [-0.3, -0.25) is 0 Å². The zero-order chi connectivity index (χ0) is 15.5. The van der Waals surface area contributed by atoms with Crippen molar-refractivity contribution < 1.29 is 4.74 Å². The third kappa shape index (κ3) is 2.88. The molecule has 0 saturated heterocycles. The number of nitrogens with one attached hydrogen (secondary N) is 1. The lowest BCUT2D eigenvalue weighted by atomic mass is 10.0. The molecule has 4 nitrogen and oxygen atoms in total. The van der Waals surface area contributed by atoms with E-state index in [0.717, 1.165) is 29.2 Å². The van der Waals surface area contributed by atoms with Gasteiger partial charge in [-0.15, -0.1) is 0 Å². The second kappa shape index (κ2) is 6.08. The van der Waals surface area contributed by atoms with E-state index in [-0.39, 0.29) is 6.04 Å². The topological polar surface area (TPSA) is 47.0 Å². The van der Waals surface area contributed by atoms with Gasteiger partial charge in [0.05, 0.1) is 18.3 Å². The molecule has 4 rings (SSSR count). The van der Waals surface area contributed by atoms with Gasteiger partial charge in [-0.25, -0.2) is 9.97 Å². The van der Waals surface area contributed by atoms with Crippen molar-refractivity contribution in [2.45, 2.75) is 12.5 Å². The highest BCUT2D eigenvalue weighted by Crippen LogP contribution is 2.33. The molecule has 1 aliphatic heterocycles. The van der Waals surface area contributed by atoms with Crippen LogP contribution in [-0.2, 0) is 0 Å². The van der Waals surface area contributed by atoms with Crippen LogP contribution >= 0.6 is 0 Å². The van der Waals surface area contributed by atoms with Gasteiger partial charge < -0.3 is 10.1 Å². The molecule has 3 aromatic rings. The molecule has 4 heteroatoms. The molecule has 1 aliphatic rings. The molecule has 0 spiro atoms. The lowest BCUT2D eigenvalue weighted by Crippen LogP contribution is -2.20. The molecule has 1 N–H and O–H groups in total. The van der Waals surface area contributed by atoms with E-state index in [1.165, 1.54) is 5.56 Å². The summed E-state index contributed by atoms with van der Waals surface area (Å²) in [6.07, 6.45) is 2.53. The Labute approximate surface area is 135 Å². The van der Waals surface area contributed by atoms with E-state index < -0.39 is 0 Å². The molecule has 2 aromatic carbocycles. The standard InChI is InChI=1S/C19H17N3O/c1-2-6-14(7-3-1)17-12-19(21-13-20-17)22-16-10-11-23-18-9-5-4-8-15(16)18/h1-9,12-13,16H,10-11H2,(H,20,21,22). The molecule has 1 unspecified atom stereocenters. The van der Waals surface area contributed by atoms with E-state index in [1.54, 1.807) is 6.33 Å². The van der Waals surface area contributed by atoms with Crippen LogP contribution in [0.2, 0.25) is 0 Å². The zero-order valence-corrected chi connectivity index (χ0v) is 12.6. The average molecular weight is 303 g/mol. The van der Waals surface area contributed by atoms with Crippen molar-refractivity contribution in [3.05, 3.63) is 72.6 Å². The number of nitrogens with zero attached hydrogens (tertiary/aromatic N) is 2. The highest BCUT2D eigenvalue weighted by Gasteiger charge is 2.21. The summed E-state index contributed by atoms with van der Waals surface area (Å²) < 4.78 is 5.71. The van der Waals surface area contributed by atoms with Gasteiger partial charge >= 0.3 is 0 Å². The molecule has 0 amide bonds. The minimum atomic E-state index is 0.207. The van der Waals surface area contributed by atoms with Gasteiger partial charge in [0.15, 0.2) is 0 Å². The quantitative estimate of drug-likeness (QED) is 0.792. The van der Waals surface area contributed by atoms with E-state index >= 15 is 0 Å². The van der Waals surface area contributed by atoms with Crippen LogP contribution in [0.3, 0.4) is 0 Å². The Hall–Kier alpha value is -2.88. The number of para-hydroxylation sites is 1. The minimum absolute atomic E-state index is 0.207. The van der Waals surface area contributed by atoms with Gasteiger partial charge in [-0.05, 0) is 6.07 Å². The highest BCUT2D eigenvalue weighted by atomic mass is 16.5. The van der Waals surface area contributed by atoms with Crippen LogP contribution in [0.15, 0.2) is 67.0 Å². The van der Waals surface area contributed by atoms with Crippen molar-refractivity contribution in [2.75, 3.05) is 11.9 Å². The SMILES string of the molecule is c1ccc(-c2cc(NC3CCOc4ccccc43)ncn2)cc1. The Morgan fingerprint density at radius 3 is 2.70 bits per heavy atom. The minimum Gasteiger partial charge on any atom is -0.493 e. The Morgan fingerprint density at radius 2 is 1.78 bits per heavy atom. The van der Waals surface area contributed by atoms with Crippen LogP contribution in [-0.4, -0.2) is 16.6 Å². The lowest BCUT2D eigenvalue weighted by molar-refractivity contribution is 0.274. The number of hydrogen-bond donors (Lipinski definition) is 1. The largest absolute Gasteiger partial charge is 0.493 e. The third-order valence-electron chi connectivity index (χ3n) is 4.02. The van der Waals surface area contributed by atoms with Crippen LogP contribution < -0.4 is 10.1 Å². The van der Waals surface area contributed by atoms with Crippen LogP contribution in [0.4, 0.5) is 5.82 Å². The number of fused-ring (bicyclic) bond motifs is 1. The molecular formula is C19H17N3O. The highest BCUT2D eigenvalue weighted by molar-refractivity contribution is 5.62. The van der Waals surface area contributed by atoms with Crippen LogP contribution in [0.25, 0.3) is 11.3 Å². The summed E-state index contributed by atoms with van der Waals surface area (Å²) in [5, 5.41) is 3.52. The first kappa shape index (κ1) is 13.8. The van der Waals surface area contributed by atoms with Gasteiger partial charge in [0.2, 0.25) is 0 Å². The van der Waals surface area contributed by atoms with Crippen molar-refractivity contribution in [3.63, 3.8) is 0 Å². The van der Waals surface area contributed by atoms with Gasteiger partial charge in [-0.2, -0.15) is 0 Å². The fourth-order valence-electron chi connectivity index (χ4n) is 2.87. The van der Waals surface area contributed by atoms with E-state index in [2.05, 4.69) is 33.5 Å². The molecule has 0 radical (unpaired) electrons. The summed E-state index contributed by atoms with van der Waals surface area (Å²) in [6.45, 7) is 0.714. The number of hydrogen-bond acceptors (Lipinski definition) is 4. The summed E-state index contributed by atoms with van der Waals surface area (Å²) in [5.74, 6) is 1.79. The predicted molar refractivity (Wildman–Crippen MR) is 90.4 cm³/mol. The van der Waals surface area contributed by atoms with Gasteiger partial charge in [-0.1, -0.05) is 48.5 Å². The Morgan fingerprint density at radius 1 is 0.957 bits per heavy atom. The van der Waals surface area contributed by atoms with E-state index in [4.69, 9.17) is 4.74 Å². The van der Waals surface area contributed by atoms with Crippen molar-refractivity contribution in [2.24, 2.45) is 0 Å². The third-order valence-corrected chi connectivity index (χ3v) is 4.02. The molecule has 2 heterocycles. The maximum Gasteiger partial charge on any atom is 0.130 e. The van der Waals surface area contributed by atoms with E-state index in [0.29, 0.717) is 6.61 Å². The van der Waals surface area contributed by atoms with Gasteiger partial charge in [0.1, 0.15) is 17.9 Å². The van der Waals surface area contributed by atoms with Crippen molar-refractivity contribution in [3.8, 4) is 17.0 Å². The first-order chi connectivity index (χ1) is 11.4. The van der Waals surface area contributed by atoms with Gasteiger partial charge in [0.25, 0.3) is 0 Å². The van der Waals surface area contributed by atoms with E-state index in [1.807, 2.05) is 42.5 Å². The predicted octanol–water partition coefficient (Wildman–Crippen LogP) is 4.08. The van der Waals surface area contributed by atoms with Crippen molar-refractivity contribution in [1.29, 1.82) is 0 Å². The number of anilines is 1. The normalized spacial score (nSPS) is 16.3. The number of ether oxygens (including phenoxy) is 1. The van der Waals surface area contributed by atoms with Crippen LogP contribution in [0.1, 0.15) is 18.0 Å². The maximum absolute atomic E-state index is 5.71. The second-order valence-corrected chi connectivity index (χ2v) is 5.53. The molecule has 0 saturated carbocycles. The smallest absolute Gasteiger partial charge is 0.130 e. The number of aromatic nitrogens is 2. The fraction of sp³-hybridized carbons (Fsp3) is 0.158. The van der Waals surface area contributed by atoms with Crippen LogP contribution in [0.5, 0.6) is 5.75 Å². The second-order valence-electron chi connectivity index (χ2n) is 5.53. The zero-order valence-electron chi connectivity index (χ0n) is 12.6. The number of rotatable bonds is 3. The summed E-state index contributed by atoms with van der Waals surface area (Å²) in [6, 6.07) is 20.5. The number of benzene rings is 2. The molecule has 114 valence electrons. The molecule has 23 heavy (non-hydrogen) atoms. The first-order valence-corrected chi connectivity index (χ1v) is 7.76. The molecule has 1 aromatic heterocycles. The summed E-state index contributed by atoms with van der Waals surface area (Å²) in [7, 11) is 0. The van der Waals surface area contributed by atoms with Crippen molar-refractivity contribution in [1.82, 2.24) is 9.97 Å². The first-order valence-electron chi connectivity index (χ1n) is 7.76. The Balaban J connectivity index is 1.61. The van der Waals surface area contributed by atoms with Gasteiger partial charge in [0, 0.05) is 23.6 Å². The Bertz CT molecular complexity index is 804. The maximum atomic E-state index is 5.71. The average Bonchev–Trinajstić information content (AvgIpc) is 2.63. The summed E-state index contributed by atoms with van der Waals surface area (Å²) >= 11 is 0. The molecule has 0 aliphatic carbocycles. The summed E-state index contributed by atoms with van der Waals surface area (Å²) in [5.41, 5.74) is 3.19. The Kier molecular flexibility index (Phi) is 3.64. The fourth-order valence-corrected chi connectivity index (χ4v) is 2.87. The monoisotopic (exact) mass is 303 g/mol. The molecular weight excluding hydrogens is 286 g/mol. The molecule has 1 atom stereocenters. The lowest BCUT2D eigenvalue weighted by Gasteiger charge is -2.27. The van der Waals surface area contributed by atoms with E-state index in [9.17, 15) is 0 Å². The molecule has 0 fully saturated rings. The summed E-state index contributed by atoms with van der Waals surface area (Å²) in [4.78, 5) is 8.74. The van der Waals surface area contributed by atoms with Crippen molar-refractivity contribution >= 4 is 5.82 Å². The van der Waals surface area contributed by atoms with Crippen LogP contribution in [0, 0.1) is 0 Å². The molecule has 0 bridgehead atoms.